The second kappa shape index (κ2) is 12.4. The van der Waals surface area contributed by atoms with Gasteiger partial charge in [-0.15, -0.1) is 0 Å². The lowest BCUT2D eigenvalue weighted by molar-refractivity contribution is -0.138. The van der Waals surface area contributed by atoms with Gasteiger partial charge < -0.3 is 10.4 Å². The Kier molecular flexibility index (Phi) is 9.45. The highest BCUT2D eigenvalue weighted by Crippen LogP contribution is 2.36. The maximum absolute atomic E-state index is 11.1. The molecule has 0 aromatic heterocycles. The lowest BCUT2D eigenvalue weighted by Crippen LogP contribution is -2.52. The minimum absolute atomic E-state index is 0.0119. The van der Waals surface area contributed by atoms with Crippen LogP contribution >= 0.6 is 34.8 Å². The molecule has 196 valence electrons. The number of hydrogen-bond donors (Lipinski definition) is 2. The molecule has 0 amide bonds. The van der Waals surface area contributed by atoms with Gasteiger partial charge in [-0.1, -0.05) is 46.9 Å². The van der Waals surface area contributed by atoms with Crippen molar-refractivity contribution in [3.05, 3.63) is 62.6 Å². The van der Waals surface area contributed by atoms with Gasteiger partial charge in [0.05, 0.1) is 23.2 Å². The summed E-state index contributed by atoms with van der Waals surface area (Å²) in [6.45, 7) is 8.22. The van der Waals surface area contributed by atoms with Crippen LogP contribution in [-0.4, -0.2) is 59.1 Å². The van der Waals surface area contributed by atoms with Crippen LogP contribution in [0.15, 0.2) is 36.4 Å². The van der Waals surface area contributed by atoms with Gasteiger partial charge in [-0.25, -0.2) is 0 Å². The van der Waals surface area contributed by atoms with Crippen molar-refractivity contribution in [1.82, 2.24) is 9.80 Å². The summed E-state index contributed by atoms with van der Waals surface area (Å²) in [6.07, 6.45) is 4.77. The van der Waals surface area contributed by atoms with Gasteiger partial charge in [0, 0.05) is 28.7 Å². The van der Waals surface area contributed by atoms with E-state index in [2.05, 4.69) is 34.2 Å². The van der Waals surface area contributed by atoms with Crippen LogP contribution in [0.4, 0.5) is 5.69 Å². The van der Waals surface area contributed by atoms with Gasteiger partial charge in [0.1, 0.15) is 0 Å². The summed E-state index contributed by atoms with van der Waals surface area (Å²) in [5.74, 6) is -0.216. The van der Waals surface area contributed by atoms with E-state index in [1.807, 2.05) is 25.1 Å². The SMILES string of the molecule is CC(Nc1cc(C2CCN(C3CCCN(C(C)CC(=O)O)C3)CC2)ccc1Cl)c1ccc(Cl)cc1Cl. The van der Waals surface area contributed by atoms with Crippen LogP contribution in [0.1, 0.15) is 69.0 Å². The Balaban J connectivity index is 1.36. The third kappa shape index (κ3) is 6.87. The number of likely N-dealkylation sites (tertiary alicyclic amines) is 2. The summed E-state index contributed by atoms with van der Waals surface area (Å²) in [5.41, 5.74) is 3.22. The number of rotatable bonds is 8. The molecule has 0 saturated carbocycles. The van der Waals surface area contributed by atoms with E-state index in [9.17, 15) is 9.90 Å². The number of benzene rings is 2. The molecule has 2 aliphatic heterocycles. The highest BCUT2D eigenvalue weighted by atomic mass is 35.5. The van der Waals surface area contributed by atoms with Crippen molar-refractivity contribution in [2.75, 3.05) is 31.5 Å². The summed E-state index contributed by atoms with van der Waals surface area (Å²) in [4.78, 5) is 16.1. The topological polar surface area (TPSA) is 55.8 Å². The molecule has 4 rings (SSSR count). The van der Waals surface area contributed by atoms with Crippen LogP contribution in [0, 0.1) is 0 Å². The van der Waals surface area contributed by atoms with Crippen molar-refractivity contribution in [1.29, 1.82) is 0 Å². The molecule has 2 saturated heterocycles. The quantitative estimate of drug-likeness (QED) is 0.359. The fourth-order valence-electron chi connectivity index (χ4n) is 5.73. The van der Waals surface area contributed by atoms with Crippen molar-refractivity contribution in [2.45, 2.75) is 70.0 Å². The summed E-state index contributed by atoms with van der Waals surface area (Å²) >= 11 is 19.0. The first kappa shape index (κ1) is 27.5. The van der Waals surface area contributed by atoms with Gasteiger partial charge >= 0.3 is 5.97 Å². The van der Waals surface area contributed by atoms with Crippen molar-refractivity contribution in [3.63, 3.8) is 0 Å². The number of nitrogens with one attached hydrogen (secondary N) is 1. The van der Waals surface area contributed by atoms with E-state index in [-0.39, 0.29) is 18.5 Å². The van der Waals surface area contributed by atoms with Gasteiger partial charge in [-0.2, -0.15) is 0 Å². The van der Waals surface area contributed by atoms with Crippen LogP contribution in [0.25, 0.3) is 0 Å². The molecule has 2 aromatic rings. The van der Waals surface area contributed by atoms with Crippen molar-refractivity contribution < 1.29 is 9.90 Å². The number of nitrogens with zero attached hydrogens (tertiary/aromatic N) is 2. The predicted octanol–water partition coefficient (Wildman–Crippen LogP) is 7.33. The molecule has 2 fully saturated rings. The third-order valence-electron chi connectivity index (χ3n) is 7.83. The summed E-state index contributed by atoms with van der Waals surface area (Å²) < 4.78 is 0. The molecule has 8 heteroatoms. The smallest absolute Gasteiger partial charge is 0.304 e. The Morgan fingerprint density at radius 3 is 2.47 bits per heavy atom. The number of carboxylic acids is 1. The fourth-order valence-corrected chi connectivity index (χ4v) is 6.48. The van der Waals surface area contributed by atoms with Crippen molar-refractivity contribution >= 4 is 46.5 Å². The number of carbonyl (C=O) groups is 1. The molecule has 2 aliphatic rings. The van der Waals surface area contributed by atoms with E-state index in [0.29, 0.717) is 27.0 Å². The molecular weight excluding hydrogens is 517 g/mol. The summed E-state index contributed by atoms with van der Waals surface area (Å²) in [6, 6.07) is 12.5. The molecule has 2 N–H and O–H groups in total. The standard InChI is InChI=1S/C28H36Cl3N3O2/c1-18(14-28(35)36)34-11-3-4-23(17-34)33-12-9-20(10-13-33)21-5-8-25(30)27(15-21)32-19(2)24-7-6-22(29)16-26(24)31/h5-8,15-16,18-20,23,32H,3-4,9-14,17H2,1-2H3,(H,35,36). The van der Waals surface area contributed by atoms with E-state index in [4.69, 9.17) is 34.8 Å². The Morgan fingerprint density at radius 2 is 1.78 bits per heavy atom. The molecule has 0 aliphatic carbocycles. The molecule has 5 nitrogen and oxygen atoms in total. The number of aliphatic carboxylic acids is 1. The average molecular weight is 553 g/mol. The number of anilines is 1. The number of halogens is 3. The zero-order chi connectivity index (χ0) is 25.8. The Labute approximate surface area is 229 Å². The Hall–Kier alpha value is -1.50. The molecular formula is C28H36Cl3N3O2. The monoisotopic (exact) mass is 551 g/mol. The van der Waals surface area contributed by atoms with Crippen LogP contribution < -0.4 is 5.32 Å². The summed E-state index contributed by atoms with van der Waals surface area (Å²) in [5, 5.41) is 14.7. The van der Waals surface area contributed by atoms with Crippen LogP contribution in [0.2, 0.25) is 15.1 Å². The molecule has 36 heavy (non-hydrogen) atoms. The van der Waals surface area contributed by atoms with Crippen molar-refractivity contribution in [2.24, 2.45) is 0 Å². The van der Waals surface area contributed by atoms with Crippen LogP contribution in [-0.2, 0) is 4.79 Å². The maximum atomic E-state index is 11.1. The van der Waals surface area contributed by atoms with Gasteiger partial charge in [0.2, 0.25) is 0 Å². The number of hydrogen-bond acceptors (Lipinski definition) is 4. The van der Waals surface area contributed by atoms with Gasteiger partial charge in [-0.3, -0.25) is 14.6 Å². The van der Waals surface area contributed by atoms with Gasteiger partial charge in [-0.05, 0) is 100 Å². The number of piperidine rings is 2. The molecule has 3 unspecified atom stereocenters. The predicted molar refractivity (Wildman–Crippen MR) is 150 cm³/mol. The Morgan fingerprint density at radius 1 is 1.03 bits per heavy atom. The second-order valence-corrected chi connectivity index (χ2v) is 11.6. The first-order valence-electron chi connectivity index (χ1n) is 12.9. The molecule has 2 heterocycles. The minimum atomic E-state index is -0.715. The third-order valence-corrected chi connectivity index (χ3v) is 8.72. The Bertz CT molecular complexity index is 1060. The molecule has 0 spiro atoms. The van der Waals surface area contributed by atoms with Crippen LogP contribution in [0.5, 0.6) is 0 Å². The van der Waals surface area contributed by atoms with E-state index in [0.717, 1.165) is 56.7 Å². The number of carboxylic acid groups (broad SMARTS) is 1. The highest BCUT2D eigenvalue weighted by Gasteiger charge is 2.31. The van der Waals surface area contributed by atoms with Crippen LogP contribution in [0.3, 0.4) is 0 Å². The summed E-state index contributed by atoms with van der Waals surface area (Å²) in [7, 11) is 0. The molecule has 0 radical (unpaired) electrons. The van der Waals surface area contributed by atoms with Gasteiger partial charge in [0.15, 0.2) is 0 Å². The minimum Gasteiger partial charge on any atom is -0.481 e. The molecule has 3 atom stereocenters. The van der Waals surface area contributed by atoms with Crippen molar-refractivity contribution in [3.8, 4) is 0 Å². The first-order valence-corrected chi connectivity index (χ1v) is 14.1. The molecule has 2 aromatic carbocycles. The zero-order valence-electron chi connectivity index (χ0n) is 21.0. The zero-order valence-corrected chi connectivity index (χ0v) is 23.3. The second-order valence-electron chi connectivity index (χ2n) is 10.3. The highest BCUT2D eigenvalue weighted by molar-refractivity contribution is 6.35. The van der Waals surface area contributed by atoms with Gasteiger partial charge in [0.25, 0.3) is 0 Å². The first-order chi connectivity index (χ1) is 17.2. The lowest BCUT2D eigenvalue weighted by Gasteiger charge is -2.44. The van der Waals surface area contributed by atoms with E-state index < -0.39 is 5.97 Å². The maximum Gasteiger partial charge on any atom is 0.304 e. The van der Waals surface area contributed by atoms with E-state index in [1.165, 1.54) is 12.0 Å². The largest absolute Gasteiger partial charge is 0.481 e. The van der Waals surface area contributed by atoms with E-state index in [1.54, 1.807) is 6.07 Å². The normalized spacial score (nSPS) is 21.8. The fraction of sp³-hybridized carbons (Fsp3) is 0.536. The molecule has 0 bridgehead atoms. The average Bonchev–Trinajstić information content (AvgIpc) is 2.85. The van der Waals surface area contributed by atoms with E-state index >= 15 is 0 Å². The lowest BCUT2D eigenvalue weighted by atomic mass is 9.87.